The summed E-state index contributed by atoms with van der Waals surface area (Å²) in [7, 11) is 0. The number of carbonyl (C=O) groups is 1. The molecule has 0 atom stereocenters. The van der Waals surface area contributed by atoms with Crippen molar-refractivity contribution < 1.29 is 4.79 Å². The Hall–Kier alpha value is -0.900. The Labute approximate surface area is 79.3 Å². The van der Waals surface area contributed by atoms with Gasteiger partial charge in [0.05, 0.1) is 11.4 Å². The fraction of sp³-hybridized carbons (Fsp3) is 0.250. The van der Waals surface area contributed by atoms with E-state index in [0.717, 1.165) is 16.0 Å². The van der Waals surface area contributed by atoms with Crippen molar-refractivity contribution >= 4 is 27.5 Å². The van der Waals surface area contributed by atoms with E-state index in [4.69, 9.17) is 0 Å². The fourth-order valence-corrected chi connectivity index (χ4v) is 1.25. The Balaban J connectivity index is 2.93. The molecule has 1 aromatic heterocycles. The smallest absolute Gasteiger partial charge is 0.221 e. The molecule has 1 heterocycles. The van der Waals surface area contributed by atoms with Crippen molar-refractivity contribution in [2.45, 2.75) is 13.8 Å². The molecular formula is C8H9BrN2O. The van der Waals surface area contributed by atoms with Crippen LogP contribution in [0.5, 0.6) is 0 Å². The zero-order chi connectivity index (χ0) is 9.14. The van der Waals surface area contributed by atoms with Crippen molar-refractivity contribution in [1.82, 2.24) is 4.98 Å². The molecule has 0 fully saturated rings. The summed E-state index contributed by atoms with van der Waals surface area (Å²) in [5, 5.41) is 2.68. The summed E-state index contributed by atoms with van der Waals surface area (Å²) in [4.78, 5) is 14.8. The van der Waals surface area contributed by atoms with Crippen LogP contribution in [-0.4, -0.2) is 10.9 Å². The van der Waals surface area contributed by atoms with Crippen LogP contribution in [0.3, 0.4) is 0 Å². The van der Waals surface area contributed by atoms with E-state index in [-0.39, 0.29) is 5.91 Å². The van der Waals surface area contributed by atoms with Crippen molar-refractivity contribution in [3.05, 3.63) is 22.4 Å². The SMILES string of the molecule is CC(=O)Nc1ccc(Br)nc1C. The summed E-state index contributed by atoms with van der Waals surface area (Å²) >= 11 is 3.24. The van der Waals surface area contributed by atoms with Gasteiger partial charge < -0.3 is 5.32 Å². The first-order valence-corrected chi connectivity index (χ1v) is 4.29. The van der Waals surface area contributed by atoms with Crippen molar-refractivity contribution in [3.8, 4) is 0 Å². The molecule has 1 N–H and O–H groups in total. The molecule has 4 heteroatoms. The van der Waals surface area contributed by atoms with Crippen molar-refractivity contribution in [3.63, 3.8) is 0 Å². The number of halogens is 1. The predicted molar refractivity (Wildman–Crippen MR) is 51.0 cm³/mol. The van der Waals surface area contributed by atoms with Gasteiger partial charge in [0.25, 0.3) is 0 Å². The molecule has 0 aliphatic rings. The van der Waals surface area contributed by atoms with Gasteiger partial charge in [0.2, 0.25) is 5.91 Å². The molecule has 0 saturated heterocycles. The molecule has 12 heavy (non-hydrogen) atoms. The number of amides is 1. The van der Waals surface area contributed by atoms with Gasteiger partial charge in [-0.15, -0.1) is 0 Å². The average Bonchev–Trinajstić information content (AvgIpc) is 1.94. The third kappa shape index (κ3) is 2.30. The molecule has 0 unspecified atom stereocenters. The standard InChI is InChI=1S/C8H9BrN2O/c1-5-7(11-6(2)12)3-4-8(9)10-5/h3-4H,1-2H3,(H,11,12). The first kappa shape index (κ1) is 9.19. The largest absolute Gasteiger partial charge is 0.325 e. The van der Waals surface area contributed by atoms with Gasteiger partial charge in [-0.3, -0.25) is 4.79 Å². The van der Waals surface area contributed by atoms with E-state index in [0.29, 0.717) is 0 Å². The Morgan fingerprint density at radius 3 is 2.75 bits per heavy atom. The number of nitrogens with zero attached hydrogens (tertiary/aromatic N) is 1. The second-order valence-electron chi connectivity index (χ2n) is 2.45. The quantitative estimate of drug-likeness (QED) is 0.749. The van der Waals surface area contributed by atoms with Crippen LogP contribution in [0.25, 0.3) is 0 Å². The molecule has 0 aromatic carbocycles. The Kier molecular flexibility index (Phi) is 2.81. The monoisotopic (exact) mass is 228 g/mol. The van der Waals surface area contributed by atoms with Gasteiger partial charge in [-0.1, -0.05) is 0 Å². The lowest BCUT2D eigenvalue weighted by atomic mass is 10.3. The van der Waals surface area contributed by atoms with Crippen LogP contribution in [0.4, 0.5) is 5.69 Å². The first-order chi connectivity index (χ1) is 5.59. The molecule has 0 aliphatic carbocycles. The van der Waals surface area contributed by atoms with Crippen LogP contribution in [0.1, 0.15) is 12.6 Å². The zero-order valence-electron chi connectivity index (χ0n) is 6.89. The molecule has 0 saturated carbocycles. The van der Waals surface area contributed by atoms with E-state index in [1.807, 2.05) is 13.0 Å². The molecule has 0 aliphatic heterocycles. The van der Waals surface area contributed by atoms with E-state index >= 15 is 0 Å². The van der Waals surface area contributed by atoms with Crippen LogP contribution in [0, 0.1) is 6.92 Å². The summed E-state index contributed by atoms with van der Waals surface area (Å²) in [5.74, 6) is -0.0813. The molecule has 3 nitrogen and oxygen atoms in total. The topological polar surface area (TPSA) is 42.0 Å². The molecule has 1 aromatic rings. The van der Waals surface area contributed by atoms with E-state index in [2.05, 4.69) is 26.2 Å². The minimum atomic E-state index is -0.0813. The predicted octanol–water partition coefficient (Wildman–Crippen LogP) is 2.11. The highest BCUT2D eigenvalue weighted by atomic mass is 79.9. The third-order valence-corrected chi connectivity index (χ3v) is 1.80. The van der Waals surface area contributed by atoms with Gasteiger partial charge in [0.1, 0.15) is 4.60 Å². The number of carbonyl (C=O) groups excluding carboxylic acids is 1. The maximum Gasteiger partial charge on any atom is 0.221 e. The summed E-state index contributed by atoms with van der Waals surface area (Å²) in [5.41, 5.74) is 1.56. The lowest BCUT2D eigenvalue weighted by Crippen LogP contribution is -2.07. The molecule has 0 radical (unpaired) electrons. The molecule has 1 amide bonds. The van der Waals surface area contributed by atoms with E-state index < -0.39 is 0 Å². The van der Waals surface area contributed by atoms with Crippen LogP contribution in [-0.2, 0) is 4.79 Å². The minimum absolute atomic E-state index is 0.0813. The van der Waals surface area contributed by atoms with Gasteiger partial charge in [0.15, 0.2) is 0 Å². The molecular weight excluding hydrogens is 220 g/mol. The number of rotatable bonds is 1. The lowest BCUT2D eigenvalue weighted by Gasteiger charge is -2.04. The van der Waals surface area contributed by atoms with Crippen molar-refractivity contribution in [1.29, 1.82) is 0 Å². The second kappa shape index (κ2) is 3.67. The molecule has 0 spiro atoms. The lowest BCUT2D eigenvalue weighted by molar-refractivity contribution is -0.114. The molecule has 1 rings (SSSR count). The third-order valence-electron chi connectivity index (χ3n) is 1.36. The number of aryl methyl sites for hydroxylation is 1. The zero-order valence-corrected chi connectivity index (χ0v) is 8.47. The highest BCUT2D eigenvalue weighted by Crippen LogP contribution is 2.15. The maximum atomic E-state index is 10.7. The number of anilines is 1. The van der Waals surface area contributed by atoms with Gasteiger partial charge in [0, 0.05) is 6.92 Å². The van der Waals surface area contributed by atoms with Gasteiger partial charge in [-0.2, -0.15) is 0 Å². The summed E-state index contributed by atoms with van der Waals surface area (Å²) < 4.78 is 0.772. The maximum absolute atomic E-state index is 10.7. The van der Waals surface area contributed by atoms with Crippen LogP contribution in [0.15, 0.2) is 16.7 Å². The number of nitrogens with one attached hydrogen (secondary N) is 1. The molecule has 64 valence electrons. The fourth-order valence-electron chi connectivity index (χ4n) is 0.852. The number of aromatic nitrogens is 1. The summed E-state index contributed by atoms with van der Waals surface area (Å²) in [6, 6.07) is 3.60. The Morgan fingerprint density at radius 2 is 2.25 bits per heavy atom. The second-order valence-corrected chi connectivity index (χ2v) is 3.26. The van der Waals surface area contributed by atoms with Gasteiger partial charge in [-0.05, 0) is 35.0 Å². The number of hydrogen-bond donors (Lipinski definition) is 1. The van der Waals surface area contributed by atoms with E-state index in [1.165, 1.54) is 6.92 Å². The number of pyridine rings is 1. The van der Waals surface area contributed by atoms with Crippen molar-refractivity contribution in [2.75, 3.05) is 5.32 Å². The van der Waals surface area contributed by atoms with Crippen LogP contribution >= 0.6 is 15.9 Å². The van der Waals surface area contributed by atoms with Crippen LogP contribution < -0.4 is 5.32 Å². The summed E-state index contributed by atoms with van der Waals surface area (Å²) in [6.45, 7) is 3.32. The summed E-state index contributed by atoms with van der Waals surface area (Å²) in [6.07, 6.45) is 0. The molecule has 0 bridgehead atoms. The van der Waals surface area contributed by atoms with Crippen LogP contribution in [0.2, 0.25) is 0 Å². The van der Waals surface area contributed by atoms with E-state index in [9.17, 15) is 4.79 Å². The Bertz CT molecular complexity index is 312. The normalized spacial score (nSPS) is 9.58. The Morgan fingerprint density at radius 1 is 1.58 bits per heavy atom. The van der Waals surface area contributed by atoms with Gasteiger partial charge in [-0.25, -0.2) is 4.98 Å². The van der Waals surface area contributed by atoms with E-state index in [1.54, 1.807) is 6.07 Å². The number of hydrogen-bond acceptors (Lipinski definition) is 2. The highest BCUT2D eigenvalue weighted by Gasteiger charge is 2.00. The average molecular weight is 229 g/mol. The first-order valence-electron chi connectivity index (χ1n) is 3.50. The van der Waals surface area contributed by atoms with Crippen molar-refractivity contribution in [2.24, 2.45) is 0 Å². The highest BCUT2D eigenvalue weighted by molar-refractivity contribution is 9.10. The minimum Gasteiger partial charge on any atom is -0.325 e. The van der Waals surface area contributed by atoms with Gasteiger partial charge >= 0.3 is 0 Å².